The summed E-state index contributed by atoms with van der Waals surface area (Å²) >= 11 is 2.56. The fourth-order valence-electron chi connectivity index (χ4n) is 2.54. The van der Waals surface area contributed by atoms with E-state index in [1.807, 2.05) is 0 Å². The van der Waals surface area contributed by atoms with Gasteiger partial charge < -0.3 is 20.9 Å². The molecule has 0 radical (unpaired) electrons. The van der Waals surface area contributed by atoms with Crippen LogP contribution >= 0.6 is 22.7 Å². The monoisotopic (exact) mass is 475 g/mol. The van der Waals surface area contributed by atoms with Crippen molar-refractivity contribution in [1.29, 1.82) is 0 Å². The number of aliphatic carboxylic acids is 1. The number of hydrogen-bond donors (Lipinski definition) is 3. The first-order valence-electron chi connectivity index (χ1n) is 9.40. The maximum absolute atomic E-state index is 11.9. The van der Waals surface area contributed by atoms with Crippen LogP contribution in [0.3, 0.4) is 0 Å². The van der Waals surface area contributed by atoms with Crippen LogP contribution in [0.4, 0.5) is 4.79 Å². The van der Waals surface area contributed by atoms with Gasteiger partial charge in [0.2, 0.25) is 0 Å². The van der Waals surface area contributed by atoms with Gasteiger partial charge in [0, 0.05) is 28.9 Å². The summed E-state index contributed by atoms with van der Waals surface area (Å²) in [5.74, 6) is -1.78. The third kappa shape index (κ3) is 6.08. The summed E-state index contributed by atoms with van der Waals surface area (Å²) in [6.07, 6.45) is 0.814. The molecule has 10 nitrogen and oxygen atoms in total. The average Bonchev–Trinajstić information content (AvgIpc) is 3.36. The number of thiazole rings is 2. The number of amides is 2. The van der Waals surface area contributed by atoms with Gasteiger partial charge in [0.15, 0.2) is 0 Å². The second-order valence-corrected chi connectivity index (χ2v) is 9.50. The highest BCUT2D eigenvalue weighted by molar-refractivity contribution is 7.13. The Morgan fingerprint density at radius 1 is 1.16 bits per heavy atom. The van der Waals surface area contributed by atoms with Gasteiger partial charge in [0.1, 0.15) is 22.3 Å². The Morgan fingerprint density at radius 3 is 2.47 bits per heavy atom. The second-order valence-electron chi connectivity index (χ2n) is 7.70. The van der Waals surface area contributed by atoms with Crippen LogP contribution < -0.4 is 11.1 Å². The minimum absolute atomic E-state index is 0.00629. The first kappa shape index (κ1) is 23.3. The molecule has 0 saturated carbocycles. The maximum atomic E-state index is 11.9. The van der Waals surface area contributed by atoms with E-state index in [-0.39, 0.29) is 12.1 Å². The normalized spacial score (nSPS) is 12.2. The van der Waals surface area contributed by atoms with E-state index >= 15 is 0 Å². The predicted molar refractivity (Wildman–Crippen MR) is 119 cm³/mol. The number of alkyl carbamates (subject to hydrolysis) is 1. The Hall–Kier alpha value is -3.38. The van der Waals surface area contributed by atoms with Crippen molar-refractivity contribution in [3.63, 3.8) is 0 Å². The smallest absolute Gasteiger partial charge is 0.408 e. The SMILES string of the molecule is CC(C)(C)OC(=O)N[C@@H](Cc1nc(-c2ccc(-c3nc(C(N)=O)cs3)cn2)cs1)C(=O)O. The molecule has 0 bridgehead atoms. The largest absolute Gasteiger partial charge is 0.480 e. The van der Waals surface area contributed by atoms with E-state index in [0.717, 1.165) is 5.56 Å². The van der Waals surface area contributed by atoms with Gasteiger partial charge in [-0.2, -0.15) is 0 Å². The minimum Gasteiger partial charge on any atom is -0.480 e. The van der Waals surface area contributed by atoms with E-state index in [4.69, 9.17) is 10.5 Å². The van der Waals surface area contributed by atoms with E-state index in [1.165, 1.54) is 22.7 Å². The van der Waals surface area contributed by atoms with E-state index in [0.29, 0.717) is 21.4 Å². The van der Waals surface area contributed by atoms with Crippen LogP contribution in [-0.2, 0) is 16.0 Å². The number of rotatable bonds is 7. The molecule has 12 heteroatoms. The molecule has 168 valence electrons. The lowest BCUT2D eigenvalue weighted by molar-refractivity contribution is -0.139. The number of carbonyl (C=O) groups is 3. The third-order valence-electron chi connectivity index (χ3n) is 3.95. The van der Waals surface area contributed by atoms with Crippen molar-refractivity contribution < 1.29 is 24.2 Å². The number of nitrogens with two attached hydrogens (primary N) is 1. The molecule has 4 N–H and O–H groups in total. The summed E-state index contributed by atoms with van der Waals surface area (Å²) in [5.41, 5.74) is 6.60. The Balaban J connectivity index is 1.69. The number of aromatic nitrogens is 3. The van der Waals surface area contributed by atoms with Crippen LogP contribution in [-0.4, -0.2) is 49.7 Å². The van der Waals surface area contributed by atoms with Gasteiger partial charge in [-0.3, -0.25) is 9.78 Å². The maximum Gasteiger partial charge on any atom is 0.408 e. The van der Waals surface area contributed by atoms with E-state index in [9.17, 15) is 19.5 Å². The first-order chi connectivity index (χ1) is 15.0. The van der Waals surface area contributed by atoms with E-state index in [1.54, 1.807) is 49.9 Å². The number of pyridine rings is 1. The number of ether oxygens (including phenoxy) is 1. The van der Waals surface area contributed by atoms with Gasteiger partial charge in [-0.05, 0) is 32.9 Å². The fourth-order valence-corrected chi connectivity index (χ4v) is 4.17. The number of nitrogens with one attached hydrogen (secondary N) is 1. The molecule has 0 fully saturated rings. The molecule has 3 rings (SSSR count). The van der Waals surface area contributed by atoms with Gasteiger partial charge in [-0.25, -0.2) is 19.6 Å². The molecule has 0 unspecified atom stereocenters. The quantitative estimate of drug-likeness (QED) is 0.470. The standard InChI is InChI=1S/C20H21N5O5S2/c1-20(2,3)30-19(29)25-12(18(27)28)6-15-23-13(8-31-15)11-5-4-10(7-22-11)17-24-14(9-32-17)16(21)26/h4-5,7-9,12H,6H2,1-3H3,(H2,21,26)(H,25,29)(H,27,28)/t12-/m0/s1. The van der Waals surface area contributed by atoms with Gasteiger partial charge in [-0.1, -0.05) is 0 Å². The number of carboxylic acid groups (broad SMARTS) is 1. The first-order valence-corrected chi connectivity index (χ1v) is 11.2. The molecule has 0 aliphatic heterocycles. The van der Waals surface area contributed by atoms with Gasteiger partial charge in [0.25, 0.3) is 5.91 Å². The zero-order valence-electron chi connectivity index (χ0n) is 17.5. The molecular weight excluding hydrogens is 454 g/mol. The fraction of sp³-hybridized carbons (Fsp3) is 0.300. The molecule has 1 atom stereocenters. The van der Waals surface area contributed by atoms with Crippen molar-refractivity contribution in [3.05, 3.63) is 39.8 Å². The highest BCUT2D eigenvalue weighted by Gasteiger charge is 2.25. The van der Waals surface area contributed by atoms with Crippen molar-refractivity contribution >= 4 is 40.6 Å². The van der Waals surface area contributed by atoms with Crippen molar-refractivity contribution in [2.75, 3.05) is 0 Å². The van der Waals surface area contributed by atoms with E-state index < -0.39 is 29.6 Å². The molecular formula is C20H21N5O5S2. The highest BCUT2D eigenvalue weighted by atomic mass is 32.1. The molecule has 0 spiro atoms. The van der Waals surface area contributed by atoms with Crippen LogP contribution in [0.25, 0.3) is 22.0 Å². The molecule has 32 heavy (non-hydrogen) atoms. The number of carboxylic acids is 1. The topological polar surface area (TPSA) is 157 Å². The molecule has 0 aliphatic rings. The van der Waals surface area contributed by atoms with Crippen molar-refractivity contribution in [2.24, 2.45) is 5.73 Å². The third-order valence-corrected chi connectivity index (χ3v) is 5.71. The van der Waals surface area contributed by atoms with Crippen molar-refractivity contribution in [1.82, 2.24) is 20.3 Å². The van der Waals surface area contributed by atoms with Crippen LogP contribution in [0.5, 0.6) is 0 Å². The van der Waals surface area contributed by atoms with Crippen LogP contribution in [0.1, 0.15) is 36.3 Å². The van der Waals surface area contributed by atoms with E-state index in [2.05, 4.69) is 20.3 Å². The highest BCUT2D eigenvalue weighted by Crippen LogP contribution is 2.26. The lowest BCUT2D eigenvalue weighted by atomic mass is 10.2. The number of primary amides is 1. The summed E-state index contributed by atoms with van der Waals surface area (Å²) < 4.78 is 5.12. The Labute approximate surface area is 191 Å². The Morgan fingerprint density at radius 2 is 1.91 bits per heavy atom. The molecule has 3 aromatic heterocycles. The van der Waals surface area contributed by atoms with Gasteiger partial charge in [0.05, 0.1) is 16.4 Å². The number of carbonyl (C=O) groups excluding carboxylic acids is 2. The van der Waals surface area contributed by atoms with Crippen LogP contribution in [0.15, 0.2) is 29.1 Å². The van der Waals surface area contributed by atoms with Crippen LogP contribution in [0.2, 0.25) is 0 Å². The lowest BCUT2D eigenvalue weighted by Gasteiger charge is -2.21. The zero-order chi connectivity index (χ0) is 23.5. The van der Waals surface area contributed by atoms with Crippen molar-refractivity contribution in [2.45, 2.75) is 38.8 Å². The predicted octanol–water partition coefficient (Wildman–Crippen LogP) is 2.95. The van der Waals surface area contributed by atoms with Crippen molar-refractivity contribution in [3.8, 4) is 22.0 Å². The minimum atomic E-state index is -1.19. The Bertz CT molecular complexity index is 1130. The van der Waals surface area contributed by atoms with Gasteiger partial charge >= 0.3 is 12.1 Å². The van der Waals surface area contributed by atoms with Crippen LogP contribution in [0, 0.1) is 0 Å². The Kier molecular flexibility index (Phi) is 6.84. The zero-order valence-corrected chi connectivity index (χ0v) is 19.1. The molecule has 2 amide bonds. The molecule has 0 saturated heterocycles. The summed E-state index contributed by atoms with van der Waals surface area (Å²) in [4.78, 5) is 47.7. The number of nitrogens with zero attached hydrogens (tertiary/aromatic N) is 3. The average molecular weight is 476 g/mol. The molecule has 3 heterocycles. The van der Waals surface area contributed by atoms with Gasteiger partial charge in [-0.15, -0.1) is 22.7 Å². The molecule has 0 aliphatic carbocycles. The lowest BCUT2D eigenvalue weighted by Crippen LogP contribution is -2.44. The molecule has 3 aromatic rings. The summed E-state index contributed by atoms with van der Waals surface area (Å²) in [6.45, 7) is 5.08. The summed E-state index contributed by atoms with van der Waals surface area (Å²) in [7, 11) is 0. The number of hydrogen-bond acceptors (Lipinski definition) is 9. The second kappa shape index (κ2) is 9.40. The summed E-state index contributed by atoms with van der Waals surface area (Å²) in [6, 6.07) is 2.38. The summed E-state index contributed by atoms with van der Waals surface area (Å²) in [5, 5.41) is 16.3. The molecule has 0 aromatic carbocycles.